The Hall–Kier alpha value is -2.63. The molecule has 0 bridgehead atoms. The zero-order valence-electron chi connectivity index (χ0n) is 20.1. The Labute approximate surface area is 192 Å². The summed E-state index contributed by atoms with van der Waals surface area (Å²) in [5.41, 5.74) is 1.57. The number of carbonyl (C=O) groups is 1. The lowest BCUT2D eigenvalue weighted by atomic mass is 9.74. The highest BCUT2D eigenvalue weighted by atomic mass is 16.5. The fraction of sp³-hybridized carbons (Fsp3) is 0.577. The van der Waals surface area contributed by atoms with Crippen molar-refractivity contribution < 1.29 is 9.53 Å². The third-order valence-corrected chi connectivity index (χ3v) is 7.39. The molecule has 32 heavy (non-hydrogen) atoms. The second-order valence-electron chi connectivity index (χ2n) is 9.96. The lowest BCUT2D eigenvalue weighted by Gasteiger charge is -2.44. The van der Waals surface area contributed by atoms with Crippen LogP contribution in [0, 0.1) is 6.92 Å². The molecule has 1 amide bonds. The number of anilines is 1. The van der Waals surface area contributed by atoms with E-state index in [0.29, 0.717) is 6.54 Å². The van der Waals surface area contributed by atoms with Crippen LogP contribution in [-0.2, 0) is 15.6 Å². The molecule has 2 heterocycles. The number of rotatable bonds is 5. The molecule has 2 aromatic rings. The fourth-order valence-corrected chi connectivity index (χ4v) is 5.53. The Bertz CT molecular complexity index is 966. The van der Waals surface area contributed by atoms with Gasteiger partial charge in [0.2, 0.25) is 5.91 Å². The SMILES string of the molecule is COc1ccc(C2(C(=O)N3CCCC(C)(c4cc(N(C)C)nc(C)n4)C3)CCCC2)cc1. The highest BCUT2D eigenvalue weighted by Crippen LogP contribution is 2.44. The minimum Gasteiger partial charge on any atom is -0.497 e. The van der Waals surface area contributed by atoms with Gasteiger partial charge in [-0.1, -0.05) is 31.9 Å². The molecule has 6 nitrogen and oxygen atoms in total. The Morgan fingerprint density at radius 3 is 2.38 bits per heavy atom. The van der Waals surface area contributed by atoms with E-state index in [1.54, 1.807) is 7.11 Å². The summed E-state index contributed by atoms with van der Waals surface area (Å²) in [6.07, 6.45) is 6.04. The predicted octanol–water partition coefficient (Wildman–Crippen LogP) is 4.25. The average molecular weight is 437 g/mol. The number of methoxy groups -OCH3 is 1. The van der Waals surface area contributed by atoms with Crippen LogP contribution in [0.25, 0.3) is 0 Å². The molecule has 1 atom stereocenters. The molecular formula is C26H36N4O2. The van der Waals surface area contributed by atoms with Crippen molar-refractivity contribution in [2.75, 3.05) is 39.2 Å². The van der Waals surface area contributed by atoms with E-state index in [0.717, 1.165) is 73.7 Å². The van der Waals surface area contributed by atoms with Crippen LogP contribution in [0.5, 0.6) is 5.75 Å². The van der Waals surface area contributed by atoms with Crippen molar-refractivity contribution in [3.63, 3.8) is 0 Å². The average Bonchev–Trinajstić information content (AvgIpc) is 3.29. The standard InChI is InChI=1S/C26H36N4O2/c1-19-27-22(17-23(28-19)29(3)4)25(2)13-8-16-30(18-25)24(31)26(14-6-7-15-26)20-9-11-21(32-5)12-10-20/h9-12,17H,6-8,13-16,18H2,1-5H3. The van der Waals surface area contributed by atoms with Gasteiger partial charge in [-0.25, -0.2) is 9.97 Å². The van der Waals surface area contributed by atoms with Crippen LogP contribution >= 0.6 is 0 Å². The van der Waals surface area contributed by atoms with Gasteiger partial charge in [0.15, 0.2) is 0 Å². The van der Waals surface area contributed by atoms with Crippen molar-refractivity contribution in [2.45, 2.75) is 63.2 Å². The topological polar surface area (TPSA) is 58.6 Å². The van der Waals surface area contributed by atoms with Crippen molar-refractivity contribution in [2.24, 2.45) is 0 Å². The Kier molecular flexibility index (Phi) is 6.15. The molecule has 1 aromatic heterocycles. The number of piperidine rings is 1. The summed E-state index contributed by atoms with van der Waals surface area (Å²) in [4.78, 5) is 27.6. The normalized spacial score (nSPS) is 22.6. The van der Waals surface area contributed by atoms with Gasteiger partial charge < -0.3 is 14.5 Å². The van der Waals surface area contributed by atoms with Crippen LogP contribution in [0.15, 0.2) is 30.3 Å². The van der Waals surface area contributed by atoms with Crippen LogP contribution < -0.4 is 9.64 Å². The van der Waals surface area contributed by atoms with Crippen LogP contribution in [0.3, 0.4) is 0 Å². The molecule has 6 heteroatoms. The van der Waals surface area contributed by atoms with E-state index >= 15 is 0 Å². The van der Waals surface area contributed by atoms with Gasteiger partial charge in [0.1, 0.15) is 17.4 Å². The summed E-state index contributed by atoms with van der Waals surface area (Å²) in [5.74, 6) is 2.81. The first-order valence-electron chi connectivity index (χ1n) is 11.7. The minimum absolute atomic E-state index is 0.175. The molecule has 1 aliphatic carbocycles. The van der Waals surface area contributed by atoms with Crippen molar-refractivity contribution in [3.05, 3.63) is 47.4 Å². The van der Waals surface area contributed by atoms with E-state index in [1.165, 1.54) is 0 Å². The molecule has 1 aromatic carbocycles. The van der Waals surface area contributed by atoms with Gasteiger partial charge in [0, 0.05) is 38.7 Å². The number of amides is 1. The fourth-order valence-electron chi connectivity index (χ4n) is 5.53. The Balaban J connectivity index is 1.64. The molecule has 172 valence electrons. The number of ether oxygens (including phenoxy) is 1. The van der Waals surface area contributed by atoms with Crippen molar-refractivity contribution >= 4 is 11.7 Å². The van der Waals surface area contributed by atoms with Crippen molar-refractivity contribution in [1.82, 2.24) is 14.9 Å². The smallest absolute Gasteiger partial charge is 0.233 e. The monoisotopic (exact) mass is 436 g/mol. The third-order valence-electron chi connectivity index (χ3n) is 7.39. The summed E-state index contributed by atoms with van der Waals surface area (Å²) in [7, 11) is 5.68. The van der Waals surface area contributed by atoms with Gasteiger partial charge in [-0.15, -0.1) is 0 Å². The first kappa shape index (κ1) is 22.6. The maximum atomic E-state index is 14.1. The second-order valence-corrected chi connectivity index (χ2v) is 9.96. The summed E-state index contributed by atoms with van der Waals surface area (Å²) in [5, 5.41) is 0. The number of benzene rings is 1. The summed E-state index contributed by atoms with van der Waals surface area (Å²) in [6.45, 7) is 5.72. The molecule has 1 saturated heterocycles. The zero-order chi connectivity index (χ0) is 22.9. The largest absolute Gasteiger partial charge is 0.497 e. The van der Waals surface area contributed by atoms with Gasteiger partial charge >= 0.3 is 0 Å². The lowest BCUT2D eigenvalue weighted by molar-refractivity contribution is -0.139. The van der Waals surface area contributed by atoms with Gasteiger partial charge in [-0.3, -0.25) is 4.79 Å². The van der Waals surface area contributed by atoms with Crippen molar-refractivity contribution in [1.29, 1.82) is 0 Å². The van der Waals surface area contributed by atoms with E-state index in [9.17, 15) is 4.79 Å². The number of carbonyl (C=O) groups excluding carboxylic acids is 1. The number of aryl methyl sites for hydroxylation is 1. The predicted molar refractivity (Wildman–Crippen MR) is 127 cm³/mol. The molecule has 2 aliphatic rings. The number of likely N-dealkylation sites (tertiary alicyclic amines) is 1. The molecule has 1 aliphatic heterocycles. The number of hydrogen-bond acceptors (Lipinski definition) is 5. The summed E-state index contributed by atoms with van der Waals surface area (Å²) < 4.78 is 5.34. The van der Waals surface area contributed by atoms with Gasteiger partial charge in [0.05, 0.1) is 18.2 Å². The van der Waals surface area contributed by atoms with E-state index in [4.69, 9.17) is 9.72 Å². The maximum absolute atomic E-state index is 14.1. The van der Waals surface area contributed by atoms with Crippen LogP contribution in [0.1, 0.15) is 62.5 Å². The van der Waals surface area contributed by atoms with Crippen molar-refractivity contribution in [3.8, 4) is 5.75 Å². The molecule has 0 radical (unpaired) electrons. The van der Waals surface area contributed by atoms with Gasteiger partial charge in [0.25, 0.3) is 0 Å². The summed E-state index contributed by atoms with van der Waals surface area (Å²) in [6, 6.07) is 10.2. The van der Waals surface area contributed by atoms with Gasteiger partial charge in [-0.2, -0.15) is 0 Å². The number of aromatic nitrogens is 2. The van der Waals surface area contributed by atoms with Gasteiger partial charge in [-0.05, 0) is 50.3 Å². The maximum Gasteiger partial charge on any atom is 0.233 e. The molecule has 1 saturated carbocycles. The summed E-state index contributed by atoms with van der Waals surface area (Å²) >= 11 is 0. The highest BCUT2D eigenvalue weighted by molar-refractivity contribution is 5.89. The Morgan fingerprint density at radius 1 is 1.06 bits per heavy atom. The highest BCUT2D eigenvalue weighted by Gasteiger charge is 2.47. The van der Waals surface area contributed by atoms with E-state index in [-0.39, 0.29) is 11.3 Å². The molecule has 0 N–H and O–H groups in total. The first-order valence-corrected chi connectivity index (χ1v) is 11.7. The van der Waals surface area contributed by atoms with E-state index in [1.807, 2.05) is 38.1 Å². The Morgan fingerprint density at radius 2 is 1.75 bits per heavy atom. The second kappa shape index (κ2) is 8.72. The van der Waals surface area contributed by atoms with E-state index < -0.39 is 5.41 Å². The van der Waals surface area contributed by atoms with Crippen LogP contribution in [0.4, 0.5) is 5.82 Å². The quantitative estimate of drug-likeness (QED) is 0.701. The van der Waals surface area contributed by atoms with Crippen LogP contribution in [0.2, 0.25) is 0 Å². The molecule has 4 rings (SSSR count). The molecular weight excluding hydrogens is 400 g/mol. The van der Waals surface area contributed by atoms with E-state index in [2.05, 4.69) is 35.0 Å². The molecule has 2 fully saturated rings. The third kappa shape index (κ3) is 4.07. The first-order chi connectivity index (χ1) is 15.3. The molecule has 1 unspecified atom stereocenters. The molecule has 0 spiro atoms. The van der Waals surface area contributed by atoms with Crippen LogP contribution in [-0.4, -0.2) is 55.1 Å². The lowest BCUT2D eigenvalue weighted by Crippen LogP contribution is -2.53. The number of nitrogens with zero attached hydrogens (tertiary/aromatic N) is 4. The number of hydrogen-bond donors (Lipinski definition) is 0. The zero-order valence-corrected chi connectivity index (χ0v) is 20.1. The minimum atomic E-state index is -0.416.